The van der Waals surface area contributed by atoms with Gasteiger partial charge in [-0.05, 0) is 48.3 Å². The molecule has 0 unspecified atom stereocenters. The van der Waals surface area contributed by atoms with Crippen molar-refractivity contribution in [2.45, 2.75) is 35.5 Å². The van der Waals surface area contributed by atoms with Crippen molar-refractivity contribution in [1.82, 2.24) is 9.88 Å². The molecule has 2 amide bonds. The van der Waals surface area contributed by atoms with Gasteiger partial charge in [0.05, 0.1) is 16.9 Å². The minimum Gasteiger partial charge on any atom is -0.481 e. The SMILES string of the molecule is O=C(O)CCCN1C(=O)[C@@H]2[C@H]3C[C@@H]([C@@H]2C1=O)[C@@H]1[C@H](c2ccc(F)cc2)c2sc(=O)[nH]c2S[C@@H]31. The van der Waals surface area contributed by atoms with Gasteiger partial charge < -0.3 is 10.1 Å². The Balaban J connectivity index is 1.37. The lowest BCUT2D eigenvalue weighted by Crippen LogP contribution is -2.42. The highest BCUT2D eigenvalue weighted by atomic mass is 32.2. The van der Waals surface area contributed by atoms with Gasteiger partial charge in [0.15, 0.2) is 0 Å². The Morgan fingerprint density at radius 1 is 1.12 bits per heavy atom. The number of likely N-dealkylation sites (tertiary alicyclic amines) is 1. The standard InChI is InChI=1S/C23H21FN2O5S2/c24-10-5-3-9(4-6-10)14-15-11-8-12(18(15)32-20-19(14)33-23(31)25-20)17-16(11)21(29)26(22(17)30)7-1-2-13(27)28/h3-6,11-12,14-18H,1-2,7-8H2,(H,25,31)(H,27,28)/t11-,12-,14+,15-,16+,17-,18+/m1/s1. The molecular weight excluding hydrogens is 467 g/mol. The predicted octanol–water partition coefficient (Wildman–Crippen LogP) is 2.91. The molecule has 2 bridgehead atoms. The molecule has 1 aromatic heterocycles. The number of carboxylic acid groups (broad SMARTS) is 1. The fraction of sp³-hybridized carbons (Fsp3) is 0.478. The molecule has 0 spiro atoms. The Kier molecular flexibility index (Phi) is 4.81. The van der Waals surface area contributed by atoms with Crippen LogP contribution < -0.4 is 4.87 Å². The molecule has 3 fully saturated rings. The fourth-order valence-corrected chi connectivity index (χ4v) is 9.62. The smallest absolute Gasteiger partial charge is 0.305 e. The second-order valence-electron chi connectivity index (χ2n) is 9.34. The van der Waals surface area contributed by atoms with Crippen LogP contribution in [0.5, 0.6) is 0 Å². The Labute approximate surface area is 196 Å². The number of hydrogen-bond acceptors (Lipinski definition) is 6. The first-order chi connectivity index (χ1) is 15.8. The summed E-state index contributed by atoms with van der Waals surface area (Å²) >= 11 is 2.78. The van der Waals surface area contributed by atoms with E-state index in [2.05, 4.69) is 4.98 Å². The molecule has 2 aliphatic heterocycles. The van der Waals surface area contributed by atoms with Crippen LogP contribution in [0.1, 0.15) is 35.6 Å². The number of aromatic nitrogens is 1. The van der Waals surface area contributed by atoms with E-state index in [1.54, 1.807) is 23.9 Å². The van der Waals surface area contributed by atoms with Gasteiger partial charge in [-0.1, -0.05) is 23.5 Å². The van der Waals surface area contributed by atoms with Gasteiger partial charge >= 0.3 is 10.8 Å². The van der Waals surface area contributed by atoms with Crippen LogP contribution in [0.2, 0.25) is 0 Å². The fourth-order valence-electron chi connectivity index (χ4n) is 6.73. The van der Waals surface area contributed by atoms with Crippen molar-refractivity contribution in [2.24, 2.45) is 29.6 Å². The number of nitrogens with one attached hydrogen (secondary N) is 1. The summed E-state index contributed by atoms with van der Waals surface area (Å²) < 4.78 is 13.7. The number of carbonyl (C=O) groups excluding carboxylic acids is 2. The number of thioether (sulfide) groups is 1. The van der Waals surface area contributed by atoms with Crippen molar-refractivity contribution in [3.05, 3.63) is 50.2 Å². The molecule has 2 saturated carbocycles. The maximum atomic E-state index is 13.7. The second kappa shape index (κ2) is 7.53. The molecule has 0 radical (unpaired) electrons. The zero-order chi connectivity index (χ0) is 23.0. The van der Waals surface area contributed by atoms with Gasteiger partial charge in [-0.2, -0.15) is 0 Å². The van der Waals surface area contributed by atoms with Crippen LogP contribution in [0, 0.1) is 35.4 Å². The highest BCUT2D eigenvalue weighted by Crippen LogP contribution is 2.68. The Bertz CT molecular complexity index is 1220. The van der Waals surface area contributed by atoms with E-state index in [0.717, 1.165) is 21.9 Å². The van der Waals surface area contributed by atoms with Gasteiger partial charge in [0.25, 0.3) is 0 Å². The summed E-state index contributed by atoms with van der Waals surface area (Å²) in [7, 11) is 0. The third kappa shape index (κ3) is 3.06. The lowest BCUT2D eigenvalue weighted by atomic mass is 9.68. The number of benzene rings is 1. The summed E-state index contributed by atoms with van der Waals surface area (Å²) in [5.74, 6) is -2.44. The Hall–Kier alpha value is -2.46. The van der Waals surface area contributed by atoms with Crippen LogP contribution in [0.3, 0.4) is 0 Å². The molecule has 3 heterocycles. The number of nitrogens with zero attached hydrogens (tertiary/aromatic N) is 1. The molecule has 4 aliphatic rings. The van der Waals surface area contributed by atoms with E-state index in [1.165, 1.54) is 28.4 Å². The van der Waals surface area contributed by atoms with Gasteiger partial charge in [-0.3, -0.25) is 24.1 Å². The summed E-state index contributed by atoms with van der Waals surface area (Å²) in [6.07, 6.45) is 0.954. The first kappa shape index (κ1) is 21.1. The number of hydrogen-bond donors (Lipinski definition) is 2. The Morgan fingerprint density at radius 2 is 1.82 bits per heavy atom. The van der Waals surface area contributed by atoms with Crippen molar-refractivity contribution in [2.75, 3.05) is 6.54 Å². The molecule has 2 aromatic rings. The summed E-state index contributed by atoms with van der Waals surface area (Å²) in [5.41, 5.74) is 0.919. The van der Waals surface area contributed by atoms with Crippen LogP contribution >= 0.6 is 23.1 Å². The number of carbonyl (C=O) groups is 3. The maximum absolute atomic E-state index is 13.7. The molecule has 1 aromatic carbocycles. The van der Waals surface area contributed by atoms with Crippen molar-refractivity contribution in [3.8, 4) is 0 Å². The lowest BCUT2D eigenvalue weighted by Gasteiger charge is -2.43. The van der Waals surface area contributed by atoms with Crippen molar-refractivity contribution >= 4 is 40.9 Å². The predicted molar refractivity (Wildman–Crippen MR) is 118 cm³/mol. The number of halogens is 1. The average molecular weight is 489 g/mol. The largest absolute Gasteiger partial charge is 0.481 e. The molecule has 172 valence electrons. The monoisotopic (exact) mass is 488 g/mol. The maximum Gasteiger partial charge on any atom is 0.305 e. The molecular formula is C23H21FN2O5S2. The van der Waals surface area contributed by atoms with Crippen LogP contribution in [0.4, 0.5) is 4.39 Å². The number of H-pyrrole nitrogens is 1. The van der Waals surface area contributed by atoms with Gasteiger partial charge in [0.2, 0.25) is 11.8 Å². The highest BCUT2D eigenvalue weighted by molar-refractivity contribution is 8.00. The van der Waals surface area contributed by atoms with Crippen molar-refractivity contribution in [3.63, 3.8) is 0 Å². The zero-order valence-corrected chi connectivity index (χ0v) is 19.0. The van der Waals surface area contributed by atoms with Crippen molar-refractivity contribution in [1.29, 1.82) is 0 Å². The van der Waals surface area contributed by atoms with E-state index >= 15 is 0 Å². The van der Waals surface area contributed by atoms with Gasteiger partial charge in [-0.15, -0.1) is 11.8 Å². The van der Waals surface area contributed by atoms with Crippen LogP contribution in [0.15, 0.2) is 34.1 Å². The van der Waals surface area contributed by atoms with E-state index in [9.17, 15) is 23.6 Å². The first-order valence-electron chi connectivity index (χ1n) is 11.1. The van der Waals surface area contributed by atoms with E-state index in [4.69, 9.17) is 5.11 Å². The molecule has 2 N–H and O–H groups in total. The van der Waals surface area contributed by atoms with Gasteiger partial charge in [0.1, 0.15) is 5.82 Å². The number of imide groups is 1. The van der Waals surface area contributed by atoms with E-state index < -0.39 is 11.9 Å². The minimum absolute atomic E-state index is 0.00108. The first-order valence-corrected chi connectivity index (χ1v) is 12.8. The van der Waals surface area contributed by atoms with Crippen molar-refractivity contribution < 1.29 is 23.9 Å². The van der Waals surface area contributed by atoms with Crippen LogP contribution in [0.25, 0.3) is 0 Å². The molecule has 10 heteroatoms. The van der Waals surface area contributed by atoms with E-state index in [1.807, 2.05) is 0 Å². The Morgan fingerprint density at radius 3 is 2.52 bits per heavy atom. The third-order valence-corrected chi connectivity index (χ3v) is 10.4. The van der Waals surface area contributed by atoms with E-state index in [0.29, 0.717) is 0 Å². The molecule has 33 heavy (non-hydrogen) atoms. The zero-order valence-electron chi connectivity index (χ0n) is 17.4. The summed E-state index contributed by atoms with van der Waals surface area (Å²) in [4.78, 5) is 54.7. The van der Waals surface area contributed by atoms with Crippen LogP contribution in [-0.4, -0.2) is 44.6 Å². The number of rotatable bonds is 5. The molecule has 6 rings (SSSR count). The summed E-state index contributed by atoms with van der Waals surface area (Å²) in [6.45, 7) is 0.140. The number of thiazole rings is 1. The highest BCUT2D eigenvalue weighted by Gasteiger charge is 2.69. The number of amides is 2. The summed E-state index contributed by atoms with van der Waals surface area (Å²) in [5, 5.41) is 9.82. The number of aromatic amines is 1. The lowest BCUT2D eigenvalue weighted by molar-refractivity contribution is -0.142. The third-order valence-electron chi connectivity index (χ3n) is 7.82. The second-order valence-corrected chi connectivity index (χ2v) is 11.5. The minimum atomic E-state index is -0.945. The quantitative estimate of drug-likeness (QED) is 0.627. The topological polar surface area (TPSA) is 108 Å². The van der Waals surface area contributed by atoms with Gasteiger partial charge in [-0.25, -0.2) is 4.39 Å². The average Bonchev–Trinajstić information content (AvgIpc) is 3.49. The molecule has 2 aliphatic carbocycles. The number of carboxylic acids is 1. The number of aliphatic carboxylic acids is 1. The van der Waals surface area contributed by atoms with E-state index in [-0.39, 0.29) is 76.7 Å². The molecule has 7 nitrogen and oxygen atoms in total. The molecule has 1 saturated heterocycles. The summed E-state index contributed by atoms with van der Waals surface area (Å²) in [6, 6.07) is 6.35. The molecule has 7 atom stereocenters. The number of fused-ring (bicyclic) bond motifs is 9. The van der Waals surface area contributed by atoms with Crippen LogP contribution in [-0.2, 0) is 14.4 Å². The normalized spacial score (nSPS) is 33.8. The van der Waals surface area contributed by atoms with Gasteiger partial charge in [0, 0.05) is 29.0 Å².